The molecule has 8 aromatic rings. The van der Waals surface area contributed by atoms with Crippen molar-refractivity contribution < 1.29 is 0 Å². The van der Waals surface area contributed by atoms with Crippen molar-refractivity contribution in [3.8, 4) is 22.5 Å². The second-order valence-electron chi connectivity index (χ2n) is 12.8. The van der Waals surface area contributed by atoms with E-state index in [-0.39, 0.29) is 5.41 Å². The number of nitrogens with zero attached hydrogens (tertiary/aromatic N) is 2. The third-order valence-electron chi connectivity index (χ3n) is 9.77. The van der Waals surface area contributed by atoms with E-state index in [0.717, 1.165) is 0 Å². The Kier molecular flexibility index (Phi) is 4.84. The van der Waals surface area contributed by atoms with Crippen molar-refractivity contribution in [2.45, 2.75) is 33.1 Å². The van der Waals surface area contributed by atoms with Gasteiger partial charge >= 0.3 is 0 Å². The van der Waals surface area contributed by atoms with E-state index in [1.54, 1.807) is 0 Å². The van der Waals surface area contributed by atoms with Crippen molar-refractivity contribution in [1.29, 1.82) is 0 Å². The van der Waals surface area contributed by atoms with Crippen molar-refractivity contribution in [1.82, 2.24) is 9.13 Å². The van der Waals surface area contributed by atoms with Crippen molar-refractivity contribution in [3.63, 3.8) is 0 Å². The first kappa shape index (κ1) is 24.5. The van der Waals surface area contributed by atoms with Gasteiger partial charge in [-0.15, -0.1) is 0 Å². The number of aryl methyl sites for hydroxylation is 2. The largest absolute Gasteiger partial charge is 0.309 e. The zero-order valence-corrected chi connectivity index (χ0v) is 24.9. The van der Waals surface area contributed by atoms with Crippen molar-refractivity contribution >= 4 is 43.6 Å². The first-order valence-corrected chi connectivity index (χ1v) is 15.2. The van der Waals surface area contributed by atoms with Crippen LogP contribution < -0.4 is 0 Å². The summed E-state index contributed by atoms with van der Waals surface area (Å²) in [6.45, 7) is 9.22. The SMILES string of the molecule is Cc1ccc2c(c1)c1cc(C)cc3c1n2-c1ccc(-c2ccc4c(c2)c2ccccc2n4-c2ccccc2)cc1C3(C)C. The van der Waals surface area contributed by atoms with E-state index in [1.807, 2.05) is 0 Å². The number of rotatable bonds is 2. The van der Waals surface area contributed by atoms with Gasteiger partial charge in [-0.05, 0) is 96.8 Å². The fourth-order valence-corrected chi connectivity index (χ4v) is 7.70. The number of aromatic nitrogens is 2. The van der Waals surface area contributed by atoms with Gasteiger partial charge in [0.15, 0.2) is 0 Å². The van der Waals surface area contributed by atoms with E-state index in [1.165, 1.54) is 88.4 Å². The zero-order valence-electron chi connectivity index (χ0n) is 24.9. The Morgan fingerprint density at radius 1 is 0.465 bits per heavy atom. The summed E-state index contributed by atoms with van der Waals surface area (Å²) >= 11 is 0. The number of benzene rings is 6. The van der Waals surface area contributed by atoms with Crippen LogP contribution in [-0.2, 0) is 5.41 Å². The third-order valence-corrected chi connectivity index (χ3v) is 9.77. The molecule has 1 aliphatic rings. The van der Waals surface area contributed by atoms with Gasteiger partial charge in [0.05, 0.1) is 27.8 Å². The lowest BCUT2D eigenvalue weighted by Gasteiger charge is -2.35. The molecule has 43 heavy (non-hydrogen) atoms. The highest BCUT2D eigenvalue weighted by molar-refractivity contribution is 6.13. The first-order valence-electron chi connectivity index (χ1n) is 15.2. The number of para-hydroxylation sites is 2. The molecule has 0 bridgehead atoms. The molecule has 0 aliphatic carbocycles. The summed E-state index contributed by atoms with van der Waals surface area (Å²) in [5.41, 5.74) is 15.3. The lowest BCUT2D eigenvalue weighted by Crippen LogP contribution is -2.26. The van der Waals surface area contributed by atoms with E-state index >= 15 is 0 Å². The predicted molar refractivity (Wildman–Crippen MR) is 182 cm³/mol. The Morgan fingerprint density at radius 2 is 1.12 bits per heavy atom. The fraction of sp³-hybridized carbons (Fsp3) is 0.122. The van der Waals surface area contributed by atoms with Gasteiger partial charge in [-0.2, -0.15) is 0 Å². The van der Waals surface area contributed by atoms with Gasteiger partial charge in [0.2, 0.25) is 0 Å². The zero-order chi connectivity index (χ0) is 29.0. The monoisotopic (exact) mass is 552 g/mol. The van der Waals surface area contributed by atoms with Crippen molar-refractivity contribution in [2.24, 2.45) is 0 Å². The second-order valence-corrected chi connectivity index (χ2v) is 12.8. The van der Waals surface area contributed by atoms with Crippen LogP contribution in [0.5, 0.6) is 0 Å². The lowest BCUT2D eigenvalue weighted by atomic mass is 9.73. The van der Waals surface area contributed by atoms with E-state index in [4.69, 9.17) is 0 Å². The molecule has 0 radical (unpaired) electrons. The lowest BCUT2D eigenvalue weighted by molar-refractivity contribution is 0.630. The molecule has 0 fully saturated rings. The van der Waals surface area contributed by atoms with Crippen LogP contribution in [0.25, 0.3) is 66.1 Å². The van der Waals surface area contributed by atoms with E-state index in [0.29, 0.717) is 0 Å². The molecule has 0 saturated heterocycles. The Morgan fingerprint density at radius 3 is 1.98 bits per heavy atom. The van der Waals surface area contributed by atoms with Crippen LogP contribution in [0.1, 0.15) is 36.1 Å². The van der Waals surface area contributed by atoms with Gasteiger partial charge in [-0.3, -0.25) is 0 Å². The highest BCUT2D eigenvalue weighted by Gasteiger charge is 2.35. The average Bonchev–Trinajstić information content (AvgIpc) is 3.52. The summed E-state index contributed by atoms with van der Waals surface area (Å²) in [7, 11) is 0. The maximum atomic E-state index is 2.51. The summed E-state index contributed by atoms with van der Waals surface area (Å²) in [5.74, 6) is 0. The smallest absolute Gasteiger partial charge is 0.0582 e. The van der Waals surface area contributed by atoms with Crippen LogP contribution in [0.3, 0.4) is 0 Å². The quantitative estimate of drug-likeness (QED) is 0.202. The Balaban J connectivity index is 1.29. The minimum absolute atomic E-state index is 0.136. The maximum Gasteiger partial charge on any atom is 0.0582 e. The van der Waals surface area contributed by atoms with Crippen molar-refractivity contribution in [2.75, 3.05) is 0 Å². The van der Waals surface area contributed by atoms with E-state index in [9.17, 15) is 0 Å². The van der Waals surface area contributed by atoms with E-state index in [2.05, 4.69) is 158 Å². The minimum Gasteiger partial charge on any atom is -0.309 e. The van der Waals surface area contributed by atoms with Crippen LogP contribution in [0, 0.1) is 13.8 Å². The molecule has 6 aromatic carbocycles. The van der Waals surface area contributed by atoms with Gasteiger partial charge in [0, 0.05) is 32.6 Å². The molecule has 0 unspecified atom stereocenters. The van der Waals surface area contributed by atoms with Crippen LogP contribution in [0.2, 0.25) is 0 Å². The third kappa shape index (κ3) is 3.29. The molecule has 3 heterocycles. The molecule has 0 saturated carbocycles. The van der Waals surface area contributed by atoms with Gasteiger partial charge in [-0.25, -0.2) is 0 Å². The molecule has 2 nitrogen and oxygen atoms in total. The van der Waals surface area contributed by atoms with Crippen LogP contribution in [0.15, 0.2) is 121 Å². The van der Waals surface area contributed by atoms with Crippen LogP contribution in [-0.4, -0.2) is 9.13 Å². The molecule has 0 spiro atoms. The Labute approximate surface area is 251 Å². The number of fused-ring (bicyclic) bond motifs is 8. The van der Waals surface area contributed by atoms with Gasteiger partial charge in [0.1, 0.15) is 0 Å². The van der Waals surface area contributed by atoms with Crippen LogP contribution >= 0.6 is 0 Å². The van der Waals surface area contributed by atoms with E-state index < -0.39 is 0 Å². The number of hydrogen-bond acceptors (Lipinski definition) is 0. The Hall–Kier alpha value is -5.08. The molecule has 1 aliphatic heterocycles. The summed E-state index contributed by atoms with van der Waals surface area (Å²) < 4.78 is 4.90. The number of hydrogen-bond donors (Lipinski definition) is 0. The highest BCUT2D eigenvalue weighted by Crippen LogP contribution is 2.49. The topological polar surface area (TPSA) is 9.86 Å². The maximum absolute atomic E-state index is 2.51. The van der Waals surface area contributed by atoms with Gasteiger partial charge in [0.25, 0.3) is 0 Å². The molecule has 2 aromatic heterocycles. The average molecular weight is 553 g/mol. The van der Waals surface area contributed by atoms with Gasteiger partial charge in [-0.1, -0.05) is 85.6 Å². The van der Waals surface area contributed by atoms with Crippen molar-refractivity contribution in [3.05, 3.63) is 144 Å². The molecule has 0 amide bonds. The fourth-order valence-electron chi connectivity index (χ4n) is 7.70. The standard InChI is InChI=1S/C41H32N2/c1-25-14-17-38-31(20-25)33-21-26(2)22-35-40(33)43(38)39-19-16-28(24-34(39)41(35,3)4)27-15-18-37-32(23-27)30-12-8-9-13-36(30)42(37)29-10-6-5-7-11-29/h5-24H,1-4H3. The summed E-state index contributed by atoms with van der Waals surface area (Å²) in [4.78, 5) is 0. The summed E-state index contributed by atoms with van der Waals surface area (Å²) in [5, 5.41) is 5.26. The normalized spacial score (nSPS) is 13.8. The molecule has 206 valence electrons. The molecular weight excluding hydrogens is 520 g/mol. The summed E-state index contributed by atoms with van der Waals surface area (Å²) in [6.07, 6.45) is 0. The Bertz CT molecular complexity index is 2430. The molecular formula is C41H32N2. The second kappa shape index (κ2) is 8.49. The van der Waals surface area contributed by atoms with Gasteiger partial charge < -0.3 is 9.13 Å². The predicted octanol–water partition coefficient (Wildman–Crippen LogP) is 10.8. The molecule has 0 atom stereocenters. The molecule has 0 N–H and O–H groups in total. The van der Waals surface area contributed by atoms with Crippen LogP contribution in [0.4, 0.5) is 0 Å². The first-order chi connectivity index (χ1) is 20.9. The molecule has 9 rings (SSSR count). The highest BCUT2D eigenvalue weighted by atomic mass is 15.0. The molecule has 2 heteroatoms. The minimum atomic E-state index is -0.136. The summed E-state index contributed by atoms with van der Waals surface area (Å²) in [6, 6.07) is 45.2.